The van der Waals surface area contributed by atoms with Crippen LogP contribution < -0.4 is 11.1 Å². The lowest BCUT2D eigenvalue weighted by molar-refractivity contribution is -0.119. The van der Waals surface area contributed by atoms with Crippen LogP contribution in [-0.2, 0) is 17.8 Å². The van der Waals surface area contributed by atoms with Gasteiger partial charge in [-0.1, -0.05) is 12.1 Å². The molecule has 5 nitrogen and oxygen atoms in total. The third-order valence-corrected chi connectivity index (χ3v) is 3.58. The Labute approximate surface area is 119 Å². The van der Waals surface area contributed by atoms with Gasteiger partial charge in [0.15, 0.2) is 0 Å². The fourth-order valence-electron chi connectivity index (χ4n) is 2.54. The first kappa shape index (κ1) is 14.5. The van der Waals surface area contributed by atoms with Gasteiger partial charge in [0, 0.05) is 18.2 Å². The number of hydrogen-bond donors (Lipinski definition) is 2. The zero-order valence-electron chi connectivity index (χ0n) is 12.0. The van der Waals surface area contributed by atoms with Crippen molar-refractivity contribution in [3.05, 3.63) is 34.9 Å². The van der Waals surface area contributed by atoms with Crippen LogP contribution in [0.4, 0.5) is 0 Å². The summed E-state index contributed by atoms with van der Waals surface area (Å²) in [6.07, 6.45) is 0.833. The van der Waals surface area contributed by atoms with E-state index in [-0.39, 0.29) is 18.5 Å². The molecule has 0 radical (unpaired) electrons. The van der Waals surface area contributed by atoms with Crippen LogP contribution in [0, 0.1) is 0 Å². The highest BCUT2D eigenvalue weighted by Crippen LogP contribution is 2.21. The second kappa shape index (κ2) is 6.05. The molecule has 2 rings (SSSR count). The maximum atomic E-state index is 12.7. The van der Waals surface area contributed by atoms with Gasteiger partial charge in [0.25, 0.3) is 5.91 Å². The van der Waals surface area contributed by atoms with Crippen molar-refractivity contribution in [2.24, 2.45) is 5.73 Å². The Balaban J connectivity index is 2.34. The largest absolute Gasteiger partial charge is 0.368 e. The molecular weight excluding hydrogens is 254 g/mol. The fourth-order valence-corrected chi connectivity index (χ4v) is 2.54. The van der Waals surface area contributed by atoms with Crippen LogP contribution in [0.25, 0.3) is 0 Å². The summed E-state index contributed by atoms with van der Waals surface area (Å²) in [6, 6.07) is 5.70. The summed E-state index contributed by atoms with van der Waals surface area (Å²) in [4.78, 5) is 25.4. The SMILES string of the molecule is CC(C)N(CC(N)=O)C(=O)c1cccc2c1CCNC2. The van der Waals surface area contributed by atoms with E-state index in [1.807, 2.05) is 32.0 Å². The van der Waals surface area contributed by atoms with Gasteiger partial charge >= 0.3 is 0 Å². The Bertz CT molecular complexity index is 526. The molecule has 1 heterocycles. The molecule has 0 spiro atoms. The molecule has 3 N–H and O–H groups in total. The Morgan fingerprint density at radius 2 is 2.15 bits per heavy atom. The van der Waals surface area contributed by atoms with E-state index in [2.05, 4.69) is 5.32 Å². The van der Waals surface area contributed by atoms with Crippen molar-refractivity contribution < 1.29 is 9.59 Å². The minimum atomic E-state index is -0.487. The normalized spacial score (nSPS) is 13.9. The molecule has 0 fully saturated rings. The van der Waals surface area contributed by atoms with E-state index < -0.39 is 5.91 Å². The average Bonchev–Trinajstić information content (AvgIpc) is 2.43. The Morgan fingerprint density at radius 3 is 2.80 bits per heavy atom. The van der Waals surface area contributed by atoms with Crippen LogP contribution in [0.15, 0.2) is 18.2 Å². The Hall–Kier alpha value is -1.88. The zero-order chi connectivity index (χ0) is 14.7. The molecule has 0 saturated heterocycles. The maximum Gasteiger partial charge on any atom is 0.254 e. The first-order valence-corrected chi connectivity index (χ1v) is 6.91. The van der Waals surface area contributed by atoms with Gasteiger partial charge in [-0.05, 0) is 44.0 Å². The number of carbonyl (C=O) groups excluding carboxylic acids is 2. The quantitative estimate of drug-likeness (QED) is 0.848. The minimum Gasteiger partial charge on any atom is -0.368 e. The van der Waals surface area contributed by atoms with Crippen LogP contribution >= 0.6 is 0 Å². The van der Waals surface area contributed by atoms with Crippen molar-refractivity contribution in [1.29, 1.82) is 0 Å². The van der Waals surface area contributed by atoms with Crippen LogP contribution in [0.2, 0.25) is 0 Å². The highest BCUT2D eigenvalue weighted by molar-refractivity contribution is 5.98. The van der Waals surface area contributed by atoms with E-state index in [4.69, 9.17) is 5.73 Å². The van der Waals surface area contributed by atoms with E-state index in [0.29, 0.717) is 5.56 Å². The molecule has 1 aliphatic heterocycles. The smallest absolute Gasteiger partial charge is 0.254 e. The van der Waals surface area contributed by atoms with Gasteiger partial charge in [0.2, 0.25) is 5.91 Å². The van der Waals surface area contributed by atoms with Crippen molar-refractivity contribution >= 4 is 11.8 Å². The number of benzene rings is 1. The van der Waals surface area contributed by atoms with Crippen LogP contribution in [0.1, 0.15) is 35.3 Å². The van der Waals surface area contributed by atoms with Gasteiger partial charge in [0.05, 0.1) is 6.54 Å². The molecular formula is C15H21N3O2. The Morgan fingerprint density at radius 1 is 1.40 bits per heavy atom. The molecule has 0 aliphatic carbocycles. The van der Waals surface area contributed by atoms with Gasteiger partial charge in [-0.2, -0.15) is 0 Å². The van der Waals surface area contributed by atoms with Crippen molar-refractivity contribution in [3.8, 4) is 0 Å². The maximum absolute atomic E-state index is 12.7. The van der Waals surface area contributed by atoms with Crippen LogP contribution in [-0.4, -0.2) is 35.8 Å². The summed E-state index contributed by atoms with van der Waals surface area (Å²) in [5.41, 5.74) is 8.18. The van der Waals surface area contributed by atoms with Crippen molar-refractivity contribution in [3.63, 3.8) is 0 Å². The second-order valence-corrected chi connectivity index (χ2v) is 5.36. The number of primary amides is 1. The minimum absolute atomic E-state index is 0.0432. The predicted octanol–water partition coefficient (Wildman–Crippen LogP) is 0.668. The number of hydrogen-bond acceptors (Lipinski definition) is 3. The lowest BCUT2D eigenvalue weighted by atomic mass is 9.94. The molecule has 108 valence electrons. The summed E-state index contributed by atoms with van der Waals surface area (Å²) < 4.78 is 0. The Kier molecular flexibility index (Phi) is 4.39. The molecule has 0 unspecified atom stereocenters. The van der Waals surface area contributed by atoms with Crippen molar-refractivity contribution in [2.75, 3.05) is 13.1 Å². The zero-order valence-corrected chi connectivity index (χ0v) is 12.0. The number of nitrogens with two attached hydrogens (primary N) is 1. The molecule has 1 aliphatic rings. The molecule has 20 heavy (non-hydrogen) atoms. The van der Waals surface area contributed by atoms with Gasteiger partial charge in [-0.3, -0.25) is 9.59 Å². The molecule has 0 saturated carbocycles. The van der Waals surface area contributed by atoms with Gasteiger partial charge in [0.1, 0.15) is 0 Å². The third-order valence-electron chi connectivity index (χ3n) is 3.58. The van der Waals surface area contributed by atoms with Gasteiger partial charge < -0.3 is 16.0 Å². The first-order chi connectivity index (χ1) is 9.50. The molecule has 0 atom stereocenters. The molecule has 0 bridgehead atoms. The summed E-state index contributed by atoms with van der Waals surface area (Å²) in [5, 5.41) is 3.29. The topological polar surface area (TPSA) is 75.4 Å². The summed E-state index contributed by atoms with van der Waals surface area (Å²) in [5.74, 6) is -0.601. The highest BCUT2D eigenvalue weighted by Gasteiger charge is 2.24. The van der Waals surface area contributed by atoms with E-state index >= 15 is 0 Å². The number of fused-ring (bicyclic) bond motifs is 1. The summed E-state index contributed by atoms with van der Waals surface area (Å²) >= 11 is 0. The van der Waals surface area contributed by atoms with Crippen LogP contribution in [0.5, 0.6) is 0 Å². The molecule has 0 aromatic heterocycles. The third kappa shape index (κ3) is 2.99. The fraction of sp³-hybridized carbons (Fsp3) is 0.467. The monoisotopic (exact) mass is 275 g/mol. The van der Waals surface area contributed by atoms with Crippen molar-refractivity contribution in [1.82, 2.24) is 10.2 Å². The van der Waals surface area contributed by atoms with E-state index in [0.717, 1.165) is 30.6 Å². The molecule has 1 aromatic carbocycles. The number of amides is 2. The molecule has 5 heteroatoms. The standard InChI is InChI=1S/C15H21N3O2/c1-10(2)18(9-14(16)19)15(20)13-5-3-4-11-8-17-7-6-12(11)13/h3-5,10,17H,6-9H2,1-2H3,(H2,16,19). The summed E-state index contributed by atoms with van der Waals surface area (Å²) in [7, 11) is 0. The van der Waals surface area contributed by atoms with Crippen LogP contribution in [0.3, 0.4) is 0 Å². The van der Waals surface area contributed by atoms with E-state index in [1.54, 1.807) is 0 Å². The average molecular weight is 275 g/mol. The number of nitrogens with zero attached hydrogens (tertiary/aromatic N) is 1. The number of nitrogens with one attached hydrogen (secondary N) is 1. The number of carbonyl (C=O) groups is 2. The van der Waals surface area contributed by atoms with Gasteiger partial charge in [-0.25, -0.2) is 0 Å². The summed E-state index contributed by atoms with van der Waals surface area (Å²) in [6.45, 7) is 5.39. The number of rotatable bonds is 4. The highest BCUT2D eigenvalue weighted by atomic mass is 16.2. The van der Waals surface area contributed by atoms with E-state index in [9.17, 15) is 9.59 Å². The lowest BCUT2D eigenvalue weighted by Gasteiger charge is -2.28. The lowest BCUT2D eigenvalue weighted by Crippen LogP contribution is -2.43. The van der Waals surface area contributed by atoms with Crippen molar-refractivity contribution in [2.45, 2.75) is 32.9 Å². The van der Waals surface area contributed by atoms with Gasteiger partial charge in [-0.15, -0.1) is 0 Å². The van der Waals surface area contributed by atoms with E-state index in [1.165, 1.54) is 4.90 Å². The molecule has 2 amide bonds. The first-order valence-electron chi connectivity index (χ1n) is 6.91. The second-order valence-electron chi connectivity index (χ2n) is 5.36. The predicted molar refractivity (Wildman–Crippen MR) is 77.2 cm³/mol. The molecule has 1 aromatic rings.